The first-order valence-electron chi connectivity index (χ1n) is 7.53. The summed E-state index contributed by atoms with van der Waals surface area (Å²) in [6, 6.07) is 0.463. The molecule has 0 bridgehead atoms. The van der Waals surface area contributed by atoms with Crippen LogP contribution in [0.2, 0.25) is 0 Å². The monoisotopic (exact) mass is 278 g/mol. The van der Waals surface area contributed by atoms with Gasteiger partial charge in [0.1, 0.15) is 6.54 Å². The van der Waals surface area contributed by atoms with Crippen molar-refractivity contribution in [2.24, 2.45) is 0 Å². The second-order valence-electron chi connectivity index (χ2n) is 5.72. The molecular formula is C15H26N4O. The van der Waals surface area contributed by atoms with Crippen LogP contribution in [0.15, 0.2) is 0 Å². The van der Waals surface area contributed by atoms with Crippen molar-refractivity contribution >= 4 is 5.91 Å². The largest absolute Gasteiger partial charge is 0.341 e. The fraction of sp³-hybridized carbons (Fsp3) is 0.733. The highest BCUT2D eigenvalue weighted by atomic mass is 16.2. The third-order valence-corrected chi connectivity index (χ3v) is 4.03. The minimum Gasteiger partial charge on any atom is -0.341 e. The minimum absolute atomic E-state index is 0.158. The second kappa shape index (κ2) is 6.39. The van der Waals surface area contributed by atoms with E-state index in [1.54, 1.807) is 0 Å². The molecule has 1 fully saturated rings. The molecule has 0 aromatic carbocycles. The van der Waals surface area contributed by atoms with Crippen molar-refractivity contribution in [3.05, 3.63) is 17.0 Å². The molecule has 0 spiro atoms. The summed E-state index contributed by atoms with van der Waals surface area (Å²) in [7, 11) is 1.90. The number of rotatable bonds is 7. The zero-order valence-corrected chi connectivity index (χ0v) is 13.1. The summed E-state index contributed by atoms with van der Waals surface area (Å²) in [5.41, 5.74) is 3.34. The Bertz CT molecular complexity index is 476. The smallest absolute Gasteiger partial charge is 0.244 e. The highest BCUT2D eigenvalue weighted by Gasteiger charge is 2.29. The topological polar surface area (TPSA) is 50.2 Å². The van der Waals surface area contributed by atoms with Crippen LogP contribution in [0.3, 0.4) is 0 Å². The highest BCUT2D eigenvalue weighted by Crippen LogP contribution is 2.25. The zero-order chi connectivity index (χ0) is 14.7. The van der Waals surface area contributed by atoms with Gasteiger partial charge in [-0.05, 0) is 39.7 Å². The Balaban J connectivity index is 2.00. The van der Waals surface area contributed by atoms with Crippen molar-refractivity contribution in [1.82, 2.24) is 20.0 Å². The molecular weight excluding hydrogens is 252 g/mol. The molecule has 1 saturated carbocycles. The van der Waals surface area contributed by atoms with E-state index < -0.39 is 0 Å². The molecule has 1 aromatic rings. The van der Waals surface area contributed by atoms with Crippen molar-refractivity contribution < 1.29 is 4.79 Å². The predicted octanol–water partition coefficient (Wildman–Crippen LogP) is 1.62. The molecule has 1 heterocycles. The first-order valence-corrected chi connectivity index (χ1v) is 7.53. The number of hydrogen-bond acceptors (Lipinski definition) is 3. The number of hydrogen-bond donors (Lipinski definition) is 1. The van der Waals surface area contributed by atoms with E-state index in [0.29, 0.717) is 12.6 Å². The lowest BCUT2D eigenvalue weighted by Gasteiger charge is -2.16. The Morgan fingerprint density at radius 2 is 2.15 bits per heavy atom. The van der Waals surface area contributed by atoms with Crippen molar-refractivity contribution in [1.29, 1.82) is 0 Å². The van der Waals surface area contributed by atoms with Crippen LogP contribution in [0.5, 0.6) is 0 Å². The van der Waals surface area contributed by atoms with Crippen LogP contribution >= 0.6 is 0 Å². The molecule has 2 rings (SSSR count). The van der Waals surface area contributed by atoms with Crippen molar-refractivity contribution in [3.63, 3.8) is 0 Å². The number of carbonyl (C=O) groups is 1. The van der Waals surface area contributed by atoms with Gasteiger partial charge in [-0.1, -0.05) is 6.92 Å². The minimum atomic E-state index is 0.158. The molecule has 0 saturated heterocycles. The van der Waals surface area contributed by atoms with Gasteiger partial charge in [0.25, 0.3) is 0 Å². The number of aromatic nitrogens is 2. The van der Waals surface area contributed by atoms with E-state index in [1.807, 2.05) is 30.5 Å². The van der Waals surface area contributed by atoms with Crippen LogP contribution in [0.4, 0.5) is 0 Å². The van der Waals surface area contributed by atoms with Crippen LogP contribution in [-0.4, -0.2) is 40.2 Å². The Morgan fingerprint density at radius 3 is 2.75 bits per heavy atom. The van der Waals surface area contributed by atoms with Gasteiger partial charge in [-0.2, -0.15) is 5.10 Å². The van der Waals surface area contributed by atoms with Gasteiger partial charge in [0, 0.05) is 30.9 Å². The van der Waals surface area contributed by atoms with Gasteiger partial charge in [-0.15, -0.1) is 0 Å². The quantitative estimate of drug-likeness (QED) is 0.771. The van der Waals surface area contributed by atoms with Gasteiger partial charge in [0.2, 0.25) is 5.91 Å². The van der Waals surface area contributed by atoms with E-state index in [1.165, 1.54) is 5.56 Å². The molecule has 1 aromatic heterocycles. The third kappa shape index (κ3) is 3.39. The number of carbonyl (C=O) groups excluding carboxylic acids is 1. The molecule has 0 aliphatic heterocycles. The lowest BCUT2D eigenvalue weighted by atomic mass is 10.2. The first kappa shape index (κ1) is 15.0. The number of aryl methyl sites for hydroxylation is 1. The van der Waals surface area contributed by atoms with Crippen LogP contribution < -0.4 is 5.32 Å². The standard InChI is InChI=1S/C15H26N4O/c1-5-8-16-9-14-11(2)17-19(12(14)3)10-15(20)18(4)13-6-7-13/h13,16H,5-10H2,1-4H3. The summed E-state index contributed by atoms with van der Waals surface area (Å²) in [6.45, 7) is 8.41. The molecule has 5 heteroatoms. The Hall–Kier alpha value is -1.36. The average Bonchev–Trinajstić information content (AvgIpc) is 3.22. The van der Waals surface area contributed by atoms with E-state index in [4.69, 9.17) is 0 Å². The normalized spacial score (nSPS) is 14.6. The maximum atomic E-state index is 12.2. The molecule has 1 amide bonds. The number of amides is 1. The molecule has 0 radical (unpaired) electrons. The van der Waals surface area contributed by atoms with Gasteiger partial charge in [-0.3, -0.25) is 9.48 Å². The summed E-state index contributed by atoms with van der Waals surface area (Å²) in [5, 5.41) is 7.92. The fourth-order valence-electron chi connectivity index (χ4n) is 2.44. The SMILES string of the molecule is CCCNCc1c(C)nn(CC(=O)N(C)C2CC2)c1C. The molecule has 5 nitrogen and oxygen atoms in total. The van der Waals surface area contributed by atoms with E-state index in [2.05, 4.69) is 17.3 Å². The van der Waals surface area contributed by atoms with Crippen molar-refractivity contribution in [2.45, 2.75) is 59.2 Å². The van der Waals surface area contributed by atoms with Gasteiger partial charge in [0.05, 0.1) is 5.69 Å². The summed E-state index contributed by atoms with van der Waals surface area (Å²) in [6.07, 6.45) is 3.41. The van der Waals surface area contributed by atoms with Gasteiger partial charge in [0.15, 0.2) is 0 Å². The maximum absolute atomic E-state index is 12.2. The van der Waals surface area contributed by atoms with E-state index >= 15 is 0 Å². The van der Waals surface area contributed by atoms with Crippen molar-refractivity contribution in [2.75, 3.05) is 13.6 Å². The number of nitrogens with one attached hydrogen (secondary N) is 1. The average molecular weight is 278 g/mol. The predicted molar refractivity (Wildman–Crippen MR) is 79.5 cm³/mol. The Kier molecular flexibility index (Phi) is 4.81. The fourth-order valence-corrected chi connectivity index (χ4v) is 2.44. The Labute approximate surface area is 121 Å². The lowest BCUT2D eigenvalue weighted by Crippen LogP contribution is -2.32. The second-order valence-corrected chi connectivity index (χ2v) is 5.72. The van der Waals surface area contributed by atoms with Crippen LogP contribution in [0.25, 0.3) is 0 Å². The lowest BCUT2D eigenvalue weighted by molar-refractivity contribution is -0.131. The van der Waals surface area contributed by atoms with E-state index in [9.17, 15) is 4.79 Å². The van der Waals surface area contributed by atoms with Gasteiger partial charge < -0.3 is 10.2 Å². The number of nitrogens with zero attached hydrogens (tertiary/aromatic N) is 3. The van der Waals surface area contributed by atoms with Crippen LogP contribution in [0.1, 0.15) is 43.1 Å². The molecule has 1 N–H and O–H groups in total. The van der Waals surface area contributed by atoms with Crippen molar-refractivity contribution in [3.8, 4) is 0 Å². The highest BCUT2D eigenvalue weighted by molar-refractivity contribution is 5.76. The molecule has 1 aliphatic rings. The zero-order valence-electron chi connectivity index (χ0n) is 13.1. The van der Waals surface area contributed by atoms with Gasteiger partial charge in [-0.25, -0.2) is 0 Å². The number of likely N-dealkylation sites (N-methyl/N-ethyl adjacent to an activating group) is 1. The first-order chi connectivity index (χ1) is 9.54. The third-order valence-electron chi connectivity index (χ3n) is 4.03. The molecule has 0 unspecified atom stereocenters. The summed E-state index contributed by atoms with van der Waals surface area (Å²) in [5.74, 6) is 0.158. The van der Waals surface area contributed by atoms with Crippen LogP contribution in [0, 0.1) is 13.8 Å². The molecule has 1 aliphatic carbocycles. The van der Waals surface area contributed by atoms with Crippen LogP contribution in [-0.2, 0) is 17.9 Å². The summed E-state index contributed by atoms with van der Waals surface area (Å²) in [4.78, 5) is 14.0. The Morgan fingerprint density at radius 1 is 1.45 bits per heavy atom. The molecule has 112 valence electrons. The van der Waals surface area contributed by atoms with Gasteiger partial charge >= 0.3 is 0 Å². The molecule has 20 heavy (non-hydrogen) atoms. The van der Waals surface area contributed by atoms with E-state index in [0.717, 1.165) is 43.7 Å². The summed E-state index contributed by atoms with van der Waals surface area (Å²) >= 11 is 0. The molecule has 0 atom stereocenters. The maximum Gasteiger partial charge on any atom is 0.244 e. The summed E-state index contributed by atoms with van der Waals surface area (Å²) < 4.78 is 1.85. The van der Waals surface area contributed by atoms with E-state index in [-0.39, 0.29) is 5.91 Å².